The van der Waals surface area contributed by atoms with Gasteiger partial charge in [-0.25, -0.2) is 4.99 Å². The molecule has 0 spiro atoms. The van der Waals surface area contributed by atoms with Crippen molar-refractivity contribution in [3.8, 4) is 11.5 Å². The summed E-state index contributed by atoms with van der Waals surface area (Å²) in [6, 6.07) is 6.33. The van der Waals surface area contributed by atoms with Crippen LogP contribution in [0.2, 0.25) is 0 Å². The third kappa shape index (κ3) is 5.29. The van der Waals surface area contributed by atoms with E-state index in [9.17, 15) is 0 Å². The van der Waals surface area contributed by atoms with Gasteiger partial charge in [-0.1, -0.05) is 25.3 Å². The van der Waals surface area contributed by atoms with Crippen molar-refractivity contribution >= 4 is 5.96 Å². The molecule has 0 bridgehead atoms. The SMILES string of the molecule is CCNC(=NCc1nnc(C)n1C)NCC1(c2ccc(OC)c(OC)c2)CCCCC1. The molecule has 1 aliphatic rings. The number of benzene rings is 1. The topological polar surface area (TPSA) is 85.6 Å². The number of aliphatic imine (C=N–C) groups is 1. The Balaban J connectivity index is 1.80. The van der Waals surface area contributed by atoms with Gasteiger partial charge in [0.1, 0.15) is 12.4 Å². The standard InChI is InChI=1S/C23H36N6O2/c1-6-24-22(25-15-21-28-27-17(2)29(21)3)26-16-23(12-8-7-9-13-23)18-10-11-19(30-4)20(14-18)31-5/h10-11,14H,6-9,12-13,15-16H2,1-5H3,(H2,24,25,26). The van der Waals surface area contributed by atoms with E-state index in [2.05, 4.69) is 39.9 Å². The Kier molecular flexibility index (Phi) is 7.76. The molecule has 1 aliphatic carbocycles. The molecule has 2 N–H and O–H groups in total. The van der Waals surface area contributed by atoms with Gasteiger partial charge in [0.25, 0.3) is 0 Å². The smallest absolute Gasteiger partial charge is 0.191 e. The number of aromatic nitrogens is 3. The molecule has 170 valence electrons. The minimum atomic E-state index is 0.0371. The first-order chi connectivity index (χ1) is 15.0. The first-order valence-electron chi connectivity index (χ1n) is 11.1. The second kappa shape index (κ2) is 10.5. The van der Waals surface area contributed by atoms with Gasteiger partial charge in [-0.15, -0.1) is 10.2 Å². The summed E-state index contributed by atoms with van der Waals surface area (Å²) in [5.41, 5.74) is 1.33. The maximum atomic E-state index is 5.58. The van der Waals surface area contributed by atoms with E-state index in [0.29, 0.717) is 6.54 Å². The van der Waals surface area contributed by atoms with Crippen LogP contribution in [0.5, 0.6) is 11.5 Å². The van der Waals surface area contributed by atoms with Crippen molar-refractivity contribution in [2.24, 2.45) is 12.0 Å². The fourth-order valence-electron chi connectivity index (χ4n) is 4.30. The zero-order chi connectivity index (χ0) is 22.3. The molecule has 31 heavy (non-hydrogen) atoms. The van der Waals surface area contributed by atoms with Gasteiger partial charge in [0.2, 0.25) is 0 Å². The molecule has 0 saturated heterocycles. The van der Waals surface area contributed by atoms with Crippen LogP contribution in [0.1, 0.15) is 56.2 Å². The molecule has 0 amide bonds. The second-order valence-corrected chi connectivity index (χ2v) is 8.18. The molecule has 0 radical (unpaired) electrons. The van der Waals surface area contributed by atoms with Crippen LogP contribution in [0.15, 0.2) is 23.2 Å². The van der Waals surface area contributed by atoms with Crippen molar-refractivity contribution in [2.45, 2.75) is 57.9 Å². The summed E-state index contributed by atoms with van der Waals surface area (Å²) in [5, 5.41) is 15.3. The van der Waals surface area contributed by atoms with E-state index in [0.717, 1.165) is 55.0 Å². The molecule has 0 aliphatic heterocycles. The second-order valence-electron chi connectivity index (χ2n) is 8.18. The van der Waals surface area contributed by atoms with Crippen molar-refractivity contribution in [1.82, 2.24) is 25.4 Å². The number of rotatable bonds is 8. The van der Waals surface area contributed by atoms with E-state index in [1.54, 1.807) is 14.2 Å². The van der Waals surface area contributed by atoms with Gasteiger partial charge < -0.3 is 24.7 Å². The number of aryl methyl sites for hydroxylation is 1. The lowest BCUT2D eigenvalue weighted by Gasteiger charge is -2.38. The normalized spacial score (nSPS) is 16.1. The van der Waals surface area contributed by atoms with E-state index >= 15 is 0 Å². The number of hydrogen-bond donors (Lipinski definition) is 2. The summed E-state index contributed by atoms with van der Waals surface area (Å²) >= 11 is 0. The summed E-state index contributed by atoms with van der Waals surface area (Å²) in [5.74, 6) is 4.08. The summed E-state index contributed by atoms with van der Waals surface area (Å²) < 4.78 is 13.0. The predicted octanol–water partition coefficient (Wildman–Crippen LogP) is 3.10. The highest BCUT2D eigenvalue weighted by atomic mass is 16.5. The average molecular weight is 429 g/mol. The van der Waals surface area contributed by atoms with Gasteiger partial charge in [-0.2, -0.15) is 0 Å². The molecule has 1 heterocycles. The quantitative estimate of drug-likeness (QED) is 0.496. The molecule has 0 atom stereocenters. The Bertz CT molecular complexity index is 886. The average Bonchev–Trinajstić information content (AvgIpc) is 3.13. The highest BCUT2D eigenvalue weighted by molar-refractivity contribution is 5.79. The highest BCUT2D eigenvalue weighted by Gasteiger charge is 2.34. The lowest BCUT2D eigenvalue weighted by molar-refractivity contribution is 0.288. The van der Waals surface area contributed by atoms with Crippen LogP contribution in [0, 0.1) is 6.92 Å². The predicted molar refractivity (Wildman–Crippen MR) is 123 cm³/mol. The molecule has 1 aromatic carbocycles. The van der Waals surface area contributed by atoms with Crippen LogP contribution in [-0.2, 0) is 19.0 Å². The monoisotopic (exact) mass is 428 g/mol. The van der Waals surface area contributed by atoms with E-state index in [-0.39, 0.29) is 5.41 Å². The summed E-state index contributed by atoms with van der Waals surface area (Å²) in [7, 11) is 5.33. The van der Waals surface area contributed by atoms with Gasteiger partial charge in [0.05, 0.1) is 14.2 Å². The van der Waals surface area contributed by atoms with Gasteiger partial charge >= 0.3 is 0 Å². The van der Waals surface area contributed by atoms with E-state index in [1.807, 2.05) is 24.6 Å². The zero-order valence-corrected chi connectivity index (χ0v) is 19.5. The number of ether oxygens (including phenoxy) is 2. The van der Waals surface area contributed by atoms with Crippen molar-refractivity contribution in [3.05, 3.63) is 35.4 Å². The van der Waals surface area contributed by atoms with Crippen molar-refractivity contribution in [2.75, 3.05) is 27.3 Å². The molecular formula is C23H36N6O2. The largest absolute Gasteiger partial charge is 0.493 e. The van der Waals surface area contributed by atoms with Gasteiger partial charge in [0, 0.05) is 25.6 Å². The molecule has 0 unspecified atom stereocenters. The van der Waals surface area contributed by atoms with Crippen LogP contribution in [0.4, 0.5) is 0 Å². The van der Waals surface area contributed by atoms with Gasteiger partial charge in [-0.3, -0.25) is 0 Å². The Labute approximate surface area is 185 Å². The van der Waals surface area contributed by atoms with E-state index < -0.39 is 0 Å². The molecule has 1 saturated carbocycles. The van der Waals surface area contributed by atoms with Gasteiger partial charge in [0.15, 0.2) is 23.3 Å². The Morgan fingerprint density at radius 3 is 2.45 bits per heavy atom. The first kappa shape index (κ1) is 22.9. The van der Waals surface area contributed by atoms with Crippen molar-refractivity contribution in [1.29, 1.82) is 0 Å². The number of hydrogen-bond acceptors (Lipinski definition) is 5. The number of nitrogens with one attached hydrogen (secondary N) is 2. The molecule has 8 heteroatoms. The van der Waals surface area contributed by atoms with Crippen molar-refractivity contribution < 1.29 is 9.47 Å². The molecule has 1 aromatic heterocycles. The third-order valence-electron chi connectivity index (χ3n) is 6.31. The lowest BCUT2D eigenvalue weighted by Crippen LogP contribution is -2.46. The Morgan fingerprint density at radius 1 is 1.10 bits per heavy atom. The van der Waals surface area contributed by atoms with Crippen LogP contribution in [0.3, 0.4) is 0 Å². The first-order valence-corrected chi connectivity index (χ1v) is 11.1. The zero-order valence-electron chi connectivity index (χ0n) is 19.5. The van der Waals surface area contributed by atoms with Crippen molar-refractivity contribution in [3.63, 3.8) is 0 Å². The summed E-state index contributed by atoms with van der Waals surface area (Å²) in [4.78, 5) is 4.75. The number of methoxy groups -OCH3 is 2. The number of guanidine groups is 1. The van der Waals surface area contributed by atoms with Crippen LogP contribution in [-0.4, -0.2) is 48.0 Å². The minimum absolute atomic E-state index is 0.0371. The fourth-order valence-corrected chi connectivity index (χ4v) is 4.30. The third-order valence-corrected chi connectivity index (χ3v) is 6.31. The van der Waals surface area contributed by atoms with E-state index in [1.165, 1.54) is 24.8 Å². The number of nitrogens with zero attached hydrogens (tertiary/aromatic N) is 4. The highest BCUT2D eigenvalue weighted by Crippen LogP contribution is 2.42. The van der Waals surface area contributed by atoms with Crippen LogP contribution in [0.25, 0.3) is 0 Å². The lowest BCUT2D eigenvalue weighted by atomic mass is 9.69. The van der Waals surface area contributed by atoms with Crippen LogP contribution >= 0.6 is 0 Å². The molecule has 2 aromatic rings. The Hall–Kier alpha value is -2.77. The maximum absolute atomic E-state index is 5.58. The maximum Gasteiger partial charge on any atom is 0.191 e. The minimum Gasteiger partial charge on any atom is -0.493 e. The van der Waals surface area contributed by atoms with Crippen LogP contribution < -0.4 is 20.1 Å². The van der Waals surface area contributed by atoms with E-state index in [4.69, 9.17) is 14.5 Å². The Morgan fingerprint density at radius 2 is 1.84 bits per heavy atom. The van der Waals surface area contributed by atoms with Gasteiger partial charge in [-0.05, 0) is 44.4 Å². The fraction of sp³-hybridized carbons (Fsp3) is 0.609. The summed E-state index contributed by atoms with van der Waals surface area (Å²) in [6.45, 7) is 6.11. The molecule has 3 rings (SSSR count). The molecule has 8 nitrogen and oxygen atoms in total. The molecular weight excluding hydrogens is 392 g/mol. The summed E-state index contributed by atoms with van der Waals surface area (Å²) in [6.07, 6.45) is 6.01. The molecule has 1 fully saturated rings.